The summed E-state index contributed by atoms with van der Waals surface area (Å²) in [5.74, 6) is 1.61. The van der Waals surface area contributed by atoms with Gasteiger partial charge in [0, 0.05) is 0 Å². The molecule has 1 aromatic rings. The lowest BCUT2D eigenvalue weighted by Crippen LogP contribution is -2.18. The van der Waals surface area contributed by atoms with Gasteiger partial charge in [-0.2, -0.15) is 0 Å². The smallest absolute Gasteiger partial charge is 0.126 e. The number of ether oxygens (including phenoxy) is 1. The van der Waals surface area contributed by atoms with Crippen LogP contribution in [0, 0.1) is 6.92 Å². The van der Waals surface area contributed by atoms with Crippen molar-refractivity contribution in [2.75, 3.05) is 0 Å². The molecule has 1 aromatic carbocycles. The Kier molecular flexibility index (Phi) is 5.29. The second-order valence-corrected chi connectivity index (χ2v) is 7.37. The van der Waals surface area contributed by atoms with Crippen LogP contribution < -0.4 is 4.74 Å². The van der Waals surface area contributed by atoms with Crippen LogP contribution >= 0.6 is 0 Å². The van der Waals surface area contributed by atoms with Crippen molar-refractivity contribution < 1.29 is 4.74 Å². The van der Waals surface area contributed by atoms with E-state index in [1.54, 1.807) is 0 Å². The van der Waals surface area contributed by atoms with Crippen molar-refractivity contribution in [2.24, 2.45) is 0 Å². The number of rotatable bonds is 4. The van der Waals surface area contributed by atoms with Crippen LogP contribution in [0.2, 0.25) is 0 Å². The molecule has 0 aliphatic heterocycles. The zero-order chi connectivity index (χ0) is 15.7. The molecular weight excluding hydrogens is 244 g/mol. The third-order valence-electron chi connectivity index (χ3n) is 3.83. The van der Waals surface area contributed by atoms with Crippen LogP contribution in [0.1, 0.15) is 83.6 Å². The molecule has 114 valence electrons. The maximum atomic E-state index is 6.18. The van der Waals surface area contributed by atoms with Gasteiger partial charge in [-0.3, -0.25) is 0 Å². The van der Waals surface area contributed by atoms with Gasteiger partial charge in [-0.05, 0) is 60.8 Å². The fourth-order valence-electron chi connectivity index (χ4n) is 2.84. The third kappa shape index (κ3) is 3.56. The summed E-state index contributed by atoms with van der Waals surface area (Å²) in [6.07, 6.45) is 1.25. The molecule has 0 aliphatic carbocycles. The van der Waals surface area contributed by atoms with Crippen molar-refractivity contribution in [3.8, 4) is 5.75 Å². The van der Waals surface area contributed by atoms with Crippen molar-refractivity contribution in [2.45, 2.75) is 86.2 Å². The van der Waals surface area contributed by atoms with Crippen LogP contribution in [0.5, 0.6) is 5.75 Å². The first-order valence-corrected chi connectivity index (χ1v) is 7.93. The average Bonchev–Trinajstić information content (AvgIpc) is 2.26. The van der Waals surface area contributed by atoms with E-state index < -0.39 is 0 Å². The molecule has 0 unspecified atom stereocenters. The predicted octanol–water partition coefficient (Wildman–Crippen LogP) is 5.77. The Morgan fingerprint density at radius 3 is 2.00 bits per heavy atom. The molecule has 0 aromatic heterocycles. The van der Waals surface area contributed by atoms with Crippen molar-refractivity contribution in [3.63, 3.8) is 0 Å². The standard InChI is InChI=1S/C19H32O/c1-10-15-14(6)17(19(7,8)9)11-16(12(2)3)18(15)20-13(4)5/h11-13H,10H2,1-9H3. The molecule has 0 radical (unpaired) electrons. The third-order valence-corrected chi connectivity index (χ3v) is 3.83. The Balaban J connectivity index is 3.62. The first kappa shape index (κ1) is 17.1. The lowest BCUT2D eigenvalue weighted by atomic mass is 9.79. The maximum Gasteiger partial charge on any atom is 0.126 e. The summed E-state index contributed by atoms with van der Waals surface area (Å²) in [6.45, 7) is 20.1. The summed E-state index contributed by atoms with van der Waals surface area (Å²) >= 11 is 0. The lowest BCUT2D eigenvalue weighted by Gasteiger charge is -2.29. The zero-order valence-corrected chi connectivity index (χ0v) is 14.8. The second kappa shape index (κ2) is 6.20. The molecule has 1 rings (SSSR count). The van der Waals surface area contributed by atoms with Crippen LogP contribution in [-0.4, -0.2) is 6.10 Å². The van der Waals surface area contributed by atoms with Gasteiger partial charge in [0.15, 0.2) is 0 Å². The lowest BCUT2D eigenvalue weighted by molar-refractivity contribution is 0.236. The van der Waals surface area contributed by atoms with Gasteiger partial charge in [0.05, 0.1) is 6.10 Å². The van der Waals surface area contributed by atoms with Crippen LogP contribution in [-0.2, 0) is 11.8 Å². The van der Waals surface area contributed by atoms with Gasteiger partial charge in [0.1, 0.15) is 5.75 Å². The summed E-state index contributed by atoms with van der Waals surface area (Å²) in [5, 5.41) is 0. The molecule has 0 saturated heterocycles. The van der Waals surface area contributed by atoms with Crippen LogP contribution in [0.25, 0.3) is 0 Å². The predicted molar refractivity (Wildman–Crippen MR) is 89.1 cm³/mol. The second-order valence-electron chi connectivity index (χ2n) is 7.37. The van der Waals surface area contributed by atoms with Crippen molar-refractivity contribution in [1.29, 1.82) is 0 Å². The molecule has 1 heteroatoms. The highest BCUT2D eigenvalue weighted by atomic mass is 16.5. The molecule has 0 amide bonds. The van der Waals surface area contributed by atoms with E-state index in [1.165, 1.54) is 22.3 Å². The molecule has 0 heterocycles. The van der Waals surface area contributed by atoms with E-state index >= 15 is 0 Å². The molecule has 0 atom stereocenters. The Labute approximate surface area is 125 Å². The molecule has 0 spiro atoms. The van der Waals surface area contributed by atoms with Gasteiger partial charge in [0.2, 0.25) is 0 Å². The molecule has 20 heavy (non-hydrogen) atoms. The minimum Gasteiger partial charge on any atom is -0.490 e. The Bertz CT molecular complexity index is 462. The molecule has 0 saturated carbocycles. The van der Waals surface area contributed by atoms with Crippen molar-refractivity contribution in [3.05, 3.63) is 28.3 Å². The maximum absolute atomic E-state index is 6.18. The Hall–Kier alpha value is -0.980. The number of hydrogen-bond donors (Lipinski definition) is 0. The van der Waals surface area contributed by atoms with E-state index in [4.69, 9.17) is 4.74 Å². The van der Waals surface area contributed by atoms with Gasteiger partial charge >= 0.3 is 0 Å². The fraction of sp³-hybridized carbons (Fsp3) is 0.684. The van der Waals surface area contributed by atoms with Gasteiger partial charge in [-0.25, -0.2) is 0 Å². The topological polar surface area (TPSA) is 9.23 Å². The Morgan fingerprint density at radius 2 is 1.65 bits per heavy atom. The highest BCUT2D eigenvalue weighted by Gasteiger charge is 2.24. The quantitative estimate of drug-likeness (QED) is 0.678. The average molecular weight is 276 g/mol. The van der Waals surface area contributed by atoms with Crippen LogP contribution in [0.3, 0.4) is 0 Å². The highest BCUT2D eigenvalue weighted by Crippen LogP contribution is 2.39. The number of hydrogen-bond acceptors (Lipinski definition) is 1. The molecule has 0 fully saturated rings. The minimum absolute atomic E-state index is 0.175. The summed E-state index contributed by atoms with van der Waals surface area (Å²) in [4.78, 5) is 0. The minimum atomic E-state index is 0.175. The molecule has 0 aliphatic rings. The summed E-state index contributed by atoms with van der Waals surface area (Å²) in [7, 11) is 0. The van der Waals surface area contributed by atoms with E-state index in [-0.39, 0.29) is 11.5 Å². The van der Waals surface area contributed by atoms with E-state index in [0.29, 0.717) is 5.92 Å². The summed E-state index contributed by atoms with van der Waals surface area (Å²) in [6, 6.07) is 2.37. The Morgan fingerprint density at radius 1 is 1.10 bits per heavy atom. The van der Waals surface area contributed by atoms with E-state index in [0.717, 1.165) is 12.2 Å². The summed E-state index contributed by atoms with van der Waals surface area (Å²) < 4.78 is 6.18. The normalized spacial score (nSPS) is 12.3. The first-order chi connectivity index (χ1) is 9.09. The summed E-state index contributed by atoms with van der Waals surface area (Å²) in [5.41, 5.74) is 5.77. The largest absolute Gasteiger partial charge is 0.490 e. The van der Waals surface area contributed by atoms with E-state index in [2.05, 4.69) is 68.4 Å². The van der Waals surface area contributed by atoms with Gasteiger partial charge in [0.25, 0.3) is 0 Å². The first-order valence-electron chi connectivity index (χ1n) is 7.93. The van der Waals surface area contributed by atoms with Gasteiger partial charge < -0.3 is 4.74 Å². The highest BCUT2D eigenvalue weighted by molar-refractivity contribution is 5.53. The van der Waals surface area contributed by atoms with Crippen LogP contribution in [0.4, 0.5) is 0 Å². The van der Waals surface area contributed by atoms with Crippen LogP contribution in [0.15, 0.2) is 6.07 Å². The van der Waals surface area contributed by atoms with E-state index in [9.17, 15) is 0 Å². The SMILES string of the molecule is CCc1c(C)c(C(C)(C)C)cc(C(C)C)c1OC(C)C. The fourth-order valence-corrected chi connectivity index (χ4v) is 2.84. The molecule has 1 nitrogen and oxygen atoms in total. The monoisotopic (exact) mass is 276 g/mol. The zero-order valence-electron chi connectivity index (χ0n) is 14.8. The van der Waals surface area contributed by atoms with Crippen molar-refractivity contribution >= 4 is 0 Å². The van der Waals surface area contributed by atoms with Gasteiger partial charge in [-0.1, -0.05) is 47.6 Å². The molecule has 0 N–H and O–H groups in total. The van der Waals surface area contributed by atoms with Crippen molar-refractivity contribution in [1.82, 2.24) is 0 Å². The van der Waals surface area contributed by atoms with Gasteiger partial charge in [-0.15, -0.1) is 0 Å². The van der Waals surface area contributed by atoms with E-state index in [1.807, 2.05) is 0 Å². The number of benzene rings is 1. The molecule has 0 bridgehead atoms. The molecular formula is C19H32O.